The number of piperidine rings is 1. The van der Waals surface area contributed by atoms with Crippen molar-refractivity contribution in [2.75, 3.05) is 39.5 Å². The Morgan fingerprint density at radius 2 is 2.08 bits per heavy atom. The van der Waals surface area contributed by atoms with Gasteiger partial charge in [-0.15, -0.1) is 24.0 Å². The first-order valence-electron chi connectivity index (χ1n) is 8.58. The lowest BCUT2D eigenvalue weighted by Crippen LogP contribution is -2.40. The number of aromatic nitrogens is 3. The molecule has 1 aromatic rings. The average molecular weight is 499 g/mol. The highest BCUT2D eigenvalue weighted by Crippen LogP contribution is 2.19. The summed E-state index contributed by atoms with van der Waals surface area (Å²) in [6.07, 6.45) is 4.52. The summed E-state index contributed by atoms with van der Waals surface area (Å²) in [5.74, 6) is 2.11. The average Bonchev–Trinajstić information content (AvgIpc) is 2.96. The van der Waals surface area contributed by atoms with Gasteiger partial charge in [-0.3, -0.25) is 9.67 Å². The molecule has 11 heteroatoms. The zero-order valence-corrected chi connectivity index (χ0v) is 19.1. The number of nitrogens with one attached hydrogen (secondary N) is 1. The van der Waals surface area contributed by atoms with Crippen molar-refractivity contribution >= 4 is 40.0 Å². The Bertz CT molecular complexity index is 684. The van der Waals surface area contributed by atoms with Gasteiger partial charge in [-0.2, -0.15) is 5.10 Å². The molecule has 0 aliphatic carbocycles. The Kier molecular flexibility index (Phi) is 9.24. The smallest absolute Gasteiger partial charge is 0.211 e. The van der Waals surface area contributed by atoms with Crippen LogP contribution in [0.3, 0.4) is 0 Å². The van der Waals surface area contributed by atoms with Gasteiger partial charge in [-0.1, -0.05) is 0 Å². The number of sulfonamides is 1. The van der Waals surface area contributed by atoms with Crippen LogP contribution in [0, 0.1) is 5.92 Å². The molecule has 26 heavy (non-hydrogen) atoms. The molecule has 1 N–H and O–H groups in total. The highest BCUT2D eigenvalue weighted by atomic mass is 127. The summed E-state index contributed by atoms with van der Waals surface area (Å²) in [5, 5.41) is 7.39. The summed E-state index contributed by atoms with van der Waals surface area (Å²) >= 11 is 0. The molecular formula is C15H30IN7O2S. The van der Waals surface area contributed by atoms with E-state index in [1.54, 1.807) is 15.3 Å². The van der Waals surface area contributed by atoms with E-state index < -0.39 is 10.0 Å². The molecule has 0 spiro atoms. The van der Waals surface area contributed by atoms with Gasteiger partial charge in [0.15, 0.2) is 5.96 Å². The zero-order chi connectivity index (χ0) is 18.4. The molecule has 1 saturated heterocycles. The third-order valence-corrected chi connectivity index (χ3v) is 5.73. The van der Waals surface area contributed by atoms with Gasteiger partial charge in [0.25, 0.3) is 0 Å². The van der Waals surface area contributed by atoms with Gasteiger partial charge in [-0.05, 0) is 25.7 Å². The number of nitrogens with zero attached hydrogens (tertiary/aromatic N) is 6. The van der Waals surface area contributed by atoms with E-state index in [0.717, 1.165) is 31.2 Å². The third-order valence-electron chi connectivity index (χ3n) is 4.42. The number of aliphatic imine (C=N–C) groups is 1. The fourth-order valence-electron chi connectivity index (χ4n) is 2.86. The van der Waals surface area contributed by atoms with Crippen molar-refractivity contribution in [2.24, 2.45) is 18.0 Å². The lowest BCUT2D eigenvalue weighted by molar-refractivity contribution is 0.279. The monoisotopic (exact) mass is 499 g/mol. The molecule has 1 aliphatic heterocycles. The van der Waals surface area contributed by atoms with Gasteiger partial charge in [0.1, 0.15) is 12.2 Å². The minimum Gasteiger partial charge on any atom is -0.357 e. The Morgan fingerprint density at radius 1 is 1.42 bits per heavy atom. The van der Waals surface area contributed by atoms with Gasteiger partial charge in [-0.25, -0.2) is 17.7 Å². The fourth-order valence-corrected chi connectivity index (χ4v) is 3.73. The Balaban J connectivity index is 0.00000338. The van der Waals surface area contributed by atoms with Crippen molar-refractivity contribution < 1.29 is 8.42 Å². The van der Waals surface area contributed by atoms with Crippen molar-refractivity contribution in [1.82, 2.24) is 29.3 Å². The topological polar surface area (TPSA) is 95.7 Å². The largest absolute Gasteiger partial charge is 0.357 e. The molecule has 9 nitrogen and oxygen atoms in total. The van der Waals surface area contributed by atoms with Crippen LogP contribution in [0.25, 0.3) is 0 Å². The van der Waals surface area contributed by atoms with Crippen LogP contribution in [0.2, 0.25) is 0 Å². The molecule has 1 fully saturated rings. The number of halogens is 1. The van der Waals surface area contributed by atoms with E-state index in [0.29, 0.717) is 32.1 Å². The van der Waals surface area contributed by atoms with Crippen LogP contribution >= 0.6 is 24.0 Å². The van der Waals surface area contributed by atoms with Crippen molar-refractivity contribution in [3.8, 4) is 0 Å². The van der Waals surface area contributed by atoms with Crippen LogP contribution in [0.5, 0.6) is 0 Å². The van der Waals surface area contributed by atoms with Gasteiger partial charge in [0, 0.05) is 40.3 Å². The van der Waals surface area contributed by atoms with Gasteiger partial charge in [0.05, 0.1) is 12.8 Å². The molecule has 0 amide bonds. The van der Waals surface area contributed by atoms with Crippen LogP contribution in [-0.2, 0) is 23.6 Å². The SMILES string of the molecule is CCNC(=NCC1CCN(S(C)(=O)=O)CC1)N(C)Cc1ncnn1C.I. The first kappa shape index (κ1) is 23.1. The Hall–Kier alpha value is -0.950. The molecule has 2 heterocycles. The van der Waals surface area contributed by atoms with E-state index in [-0.39, 0.29) is 24.0 Å². The first-order chi connectivity index (χ1) is 11.8. The van der Waals surface area contributed by atoms with E-state index in [1.165, 1.54) is 6.26 Å². The molecule has 1 aliphatic rings. The molecule has 0 bridgehead atoms. The molecule has 0 saturated carbocycles. The molecule has 1 aromatic heterocycles. The summed E-state index contributed by atoms with van der Waals surface area (Å²) in [6.45, 7) is 5.32. The second-order valence-electron chi connectivity index (χ2n) is 6.46. The predicted octanol–water partition coefficient (Wildman–Crippen LogP) is 0.502. The third kappa shape index (κ3) is 6.65. The van der Waals surface area contributed by atoms with E-state index in [4.69, 9.17) is 4.99 Å². The number of guanidine groups is 1. The standard InChI is InChI=1S/C15H29N7O2S.HI/c1-5-16-15(20(2)11-14-18-12-19-21(14)3)17-10-13-6-8-22(9-7-13)25(4,23)24;/h12-13H,5-11H2,1-4H3,(H,16,17);1H. The van der Waals surface area contributed by atoms with E-state index in [2.05, 4.69) is 15.4 Å². The number of aryl methyl sites for hydroxylation is 1. The second-order valence-corrected chi connectivity index (χ2v) is 8.44. The predicted molar refractivity (Wildman–Crippen MR) is 113 cm³/mol. The maximum Gasteiger partial charge on any atom is 0.211 e. The normalized spacial score (nSPS) is 17.0. The molecular weight excluding hydrogens is 469 g/mol. The van der Waals surface area contributed by atoms with Crippen LogP contribution < -0.4 is 5.32 Å². The second kappa shape index (κ2) is 10.4. The lowest BCUT2D eigenvalue weighted by Gasteiger charge is -2.30. The number of hydrogen-bond acceptors (Lipinski definition) is 5. The minimum atomic E-state index is -3.07. The van der Waals surface area contributed by atoms with Crippen LogP contribution in [0.4, 0.5) is 0 Å². The molecule has 0 aromatic carbocycles. The Morgan fingerprint density at radius 3 is 2.58 bits per heavy atom. The van der Waals surface area contributed by atoms with Crippen LogP contribution in [-0.4, -0.2) is 77.8 Å². The van der Waals surface area contributed by atoms with Crippen LogP contribution in [0.1, 0.15) is 25.6 Å². The van der Waals surface area contributed by atoms with E-state index in [9.17, 15) is 8.42 Å². The minimum absolute atomic E-state index is 0. The maximum absolute atomic E-state index is 11.6. The lowest BCUT2D eigenvalue weighted by atomic mass is 9.98. The van der Waals surface area contributed by atoms with Crippen molar-refractivity contribution in [2.45, 2.75) is 26.3 Å². The van der Waals surface area contributed by atoms with Gasteiger partial charge < -0.3 is 10.2 Å². The summed E-state index contributed by atoms with van der Waals surface area (Å²) in [4.78, 5) is 11.0. The van der Waals surface area contributed by atoms with Crippen molar-refractivity contribution in [3.05, 3.63) is 12.2 Å². The highest BCUT2D eigenvalue weighted by molar-refractivity contribution is 14.0. The first-order valence-corrected chi connectivity index (χ1v) is 10.4. The number of rotatable bonds is 6. The molecule has 0 atom stereocenters. The van der Waals surface area contributed by atoms with Gasteiger partial charge >= 0.3 is 0 Å². The van der Waals surface area contributed by atoms with E-state index in [1.807, 2.05) is 25.9 Å². The van der Waals surface area contributed by atoms with E-state index >= 15 is 0 Å². The Labute approximate surface area is 173 Å². The maximum atomic E-state index is 11.6. The summed E-state index contributed by atoms with van der Waals surface area (Å²) < 4.78 is 26.5. The fraction of sp³-hybridized carbons (Fsp3) is 0.800. The molecule has 0 radical (unpaired) electrons. The van der Waals surface area contributed by atoms with Crippen molar-refractivity contribution in [1.29, 1.82) is 0 Å². The molecule has 150 valence electrons. The summed E-state index contributed by atoms with van der Waals surface area (Å²) in [6, 6.07) is 0. The summed E-state index contributed by atoms with van der Waals surface area (Å²) in [5.41, 5.74) is 0. The zero-order valence-electron chi connectivity index (χ0n) is 15.9. The van der Waals surface area contributed by atoms with Gasteiger partial charge in [0.2, 0.25) is 10.0 Å². The quantitative estimate of drug-likeness (QED) is 0.348. The highest BCUT2D eigenvalue weighted by Gasteiger charge is 2.24. The molecule has 2 rings (SSSR count). The molecule has 0 unspecified atom stereocenters. The van der Waals surface area contributed by atoms with Crippen LogP contribution in [0.15, 0.2) is 11.3 Å². The number of hydrogen-bond donors (Lipinski definition) is 1. The van der Waals surface area contributed by atoms with Crippen molar-refractivity contribution in [3.63, 3.8) is 0 Å². The summed E-state index contributed by atoms with van der Waals surface area (Å²) in [7, 11) is 0.771.